The van der Waals surface area contributed by atoms with Crippen molar-refractivity contribution >= 4 is 0 Å². The van der Waals surface area contributed by atoms with E-state index in [1.54, 1.807) is 5.82 Å². The molecule has 1 aromatic heterocycles. The van der Waals surface area contributed by atoms with Gasteiger partial charge < -0.3 is 0 Å². The molecule has 0 atom stereocenters. The SMILES string of the molecule is CCCCCCCCCCCCCCn1cc[n+](CCC)c1CCCCCC. The quantitative estimate of drug-likeness (QED) is 0.157. The van der Waals surface area contributed by atoms with Gasteiger partial charge in [0.05, 0.1) is 13.1 Å². The van der Waals surface area contributed by atoms with Crippen molar-refractivity contribution in [2.24, 2.45) is 0 Å². The Bertz CT molecular complexity index is 449. The van der Waals surface area contributed by atoms with Crippen LogP contribution in [0.2, 0.25) is 0 Å². The summed E-state index contributed by atoms with van der Waals surface area (Å²) in [6.07, 6.45) is 29.8. The normalized spacial score (nSPS) is 11.4. The van der Waals surface area contributed by atoms with E-state index in [9.17, 15) is 0 Å². The zero-order chi connectivity index (χ0) is 20.3. The van der Waals surface area contributed by atoms with Crippen molar-refractivity contribution in [1.29, 1.82) is 0 Å². The first-order valence-electron chi connectivity index (χ1n) is 12.9. The molecule has 0 amide bonds. The lowest BCUT2D eigenvalue weighted by atomic mass is 10.1. The molecule has 0 saturated carbocycles. The van der Waals surface area contributed by atoms with E-state index in [1.165, 1.54) is 129 Å². The Morgan fingerprint density at radius 3 is 1.64 bits per heavy atom. The second-order valence-electron chi connectivity index (χ2n) is 8.80. The molecule has 1 aromatic rings. The third-order valence-electron chi connectivity index (χ3n) is 6.06. The Balaban J connectivity index is 2.13. The van der Waals surface area contributed by atoms with Gasteiger partial charge in [0, 0.05) is 6.42 Å². The largest absolute Gasteiger partial charge is 0.256 e. The van der Waals surface area contributed by atoms with Gasteiger partial charge in [0.1, 0.15) is 12.4 Å². The fourth-order valence-electron chi connectivity index (χ4n) is 4.27. The van der Waals surface area contributed by atoms with E-state index in [4.69, 9.17) is 0 Å². The number of aromatic nitrogens is 2. The fourth-order valence-corrected chi connectivity index (χ4v) is 4.27. The van der Waals surface area contributed by atoms with Crippen LogP contribution < -0.4 is 4.57 Å². The van der Waals surface area contributed by atoms with E-state index in [0.29, 0.717) is 0 Å². The van der Waals surface area contributed by atoms with Crippen LogP contribution in [0.5, 0.6) is 0 Å². The summed E-state index contributed by atoms with van der Waals surface area (Å²) in [5.74, 6) is 1.57. The maximum absolute atomic E-state index is 2.55. The standard InChI is InChI=1S/C26H51N2/c1-4-7-9-11-12-13-14-15-16-17-18-20-23-28-25-24-27(22-6-3)26(28)21-19-10-8-5-2/h24-25H,4-23H2,1-3H3/q+1. The summed E-state index contributed by atoms with van der Waals surface area (Å²) in [6.45, 7) is 9.28. The van der Waals surface area contributed by atoms with Gasteiger partial charge in [0.25, 0.3) is 5.82 Å². The third kappa shape index (κ3) is 11.9. The molecule has 2 heteroatoms. The first-order valence-corrected chi connectivity index (χ1v) is 12.9. The highest BCUT2D eigenvalue weighted by molar-refractivity contribution is 4.84. The molecule has 0 radical (unpaired) electrons. The van der Waals surface area contributed by atoms with Crippen molar-refractivity contribution in [2.75, 3.05) is 0 Å². The molecule has 1 rings (SSSR count). The molecular formula is C26H51N2+. The molecule has 0 spiro atoms. The minimum Gasteiger partial charge on any atom is -0.234 e. The van der Waals surface area contributed by atoms with E-state index >= 15 is 0 Å². The topological polar surface area (TPSA) is 8.81 Å². The second kappa shape index (κ2) is 18.3. The number of hydrogen-bond donors (Lipinski definition) is 0. The molecule has 0 aliphatic rings. The van der Waals surface area contributed by atoms with Gasteiger partial charge in [-0.05, 0) is 25.7 Å². The molecule has 164 valence electrons. The number of rotatable bonds is 20. The number of aryl methyl sites for hydroxylation is 2. The molecule has 0 N–H and O–H groups in total. The zero-order valence-electron chi connectivity index (χ0n) is 19.7. The smallest absolute Gasteiger partial charge is 0.234 e. The van der Waals surface area contributed by atoms with Crippen molar-refractivity contribution in [3.8, 4) is 0 Å². The van der Waals surface area contributed by atoms with Gasteiger partial charge >= 0.3 is 0 Å². The summed E-state index contributed by atoms with van der Waals surface area (Å²) in [5, 5.41) is 0. The van der Waals surface area contributed by atoms with Crippen molar-refractivity contribution in [2.45, 2.75) is 149 Å². The highest BCUT2D eigenvalue weighted by Gasteiger charge is 2.15. The van der Waals surface area contributed by atoms with Crippen LogP contribution in [0.1, 0.15) is 136 Å². The van der Waals surface area contributed by atoms with Crippen LogP contribution in [-0.4, -0.2) is 4.57 Å². The molecule has 0 fully saturated rings. The van der Waals surface area contributed by atoms with Crippen molar-refractivity contribution in [3.63, 3.8) is 0 Å². The molecule has 0 aromatic carbocycles. The van der Waals surface area contributed by atoms with E-state index in [0.717, 1.165) is 0 Å². The number of imidazole rings is 1. The predicted molar refractivity (Wildman–Crippen MR) is 124 cm³/mol. The lowest BCUT2D eigenvalue weighted by Crippen LogP contribution is -2.37. The van der Waals surface area contributed by atoms with Gasteiger partial charge in [-0.15, -0.1) is 0 Å². The molecular weight excluding hydrogens is 340 g/mol. The summed E-state index contributed by atoms with van der Waals surface area (Å²) >= 11 is 0. The fraction of sp³-hybridized carbons (Fsp3) is 0.885. The van der Waals surface area contributed by atoms with Gasteiger partial charge in [-0.25, -0.2) is 9.13 Å². The van der Waals surface area contributed by atoms with E-state index < -0.39 is 0 Å². The maximum Gasteiger partial charge on any atom is 0.256 e. The second-order valence-corrected chi connectivity index (χ2v) is 8.80. The lowest BCUT2D eigenvalue weighted by Gasteiger charge is -2.06. The average molecular weight is 392 g/mol. The van der Waals surface area contributed by atoms with Gasteiger partial charge in [-0.2, -0.15) is 0 Å². The molecule has 0 unspecified atom stereocenters. The summed E-state index contributed by atoms with van der Waals surface area (Å²) in [5.41, 5.74) is 0. The van der Waals surface area contributed by atoms with Gasteiger partial charge in [-0.3, -0.25) is 0 Å². The van der Waals surface area contributed by atoms with Crippen LogP contribution in [-0.2, 0) is 19.5 Å². The predicted octanol–water partition coefficient (Wildman–Crippen LogP) is 8.01. The summed E-state index contributed by atoms with van der Waals surface area (Å²) in [7, 11) is 0. The van der Waals surface area contributed by atoms with Crippen LogP contribution in [0.3, 0.4) is 0 Å². The average Bonchev–Trinajstić information content (AvgIpc) is 3.08. The molecule has 1 heterocycles. The monoisotopic (exact) mass is 391 g/mol. The van der Waals surface area contributed by atoms with Crippen molar-refractivity contribution in [3.05, 3.63) is 18.2 Å². The summed E-state index contributed by atoms with van der Waals surface area (Å²) in [6, 6.07) is 0. The number of unbranched alkanes of at least 4 members (excludes halogenated alkanes) is 14. The molecule has 2 nitrogen and oxygen atoms in total. The van der Waals surface area contributed by atoms with E-state index in [-0.39, 0.29) is 0 Å². The molecule has 28 heavy (non-hydrogen) atoms. The Hall–Kier alpha value is -0.790. The van der Waals surface area contributed by atoms with Gasteiger partial charge in [0.15, 0.2) is 0 Å². The Morgan fingerprint density at radius 1 is 0.607 bits per heavy atom. The lowest BCUT2D eigenvalue weighted by molar-refractivity contribution is -0.703. The van der Waals surface area contributed by atoms with Crippen LogP contribution >= 0.6 is 0 Å². The first kappa shape index (κ1) is 25.2. The van der Waals surface area contributed by atoms with Gasteiger partial charge in [-0.1, -0.05) is 104 Å². The van der Waals surface area contributed by atoms with Gasteiger partial charge in [0.2, 0.25) is 0 Å². The van der Waals surface area contributed by atoms with Crippen molar-refractivity contribution in [1.82, 2.24) is 4.57 Å². The van der Waals surface area contributed by atoms with Crippen LogP contribution in [0.4, 0.5) is 0 Å². The maximum atomic E-state index is 2.55. The highest BCUT2D eigenvalue weighted by atomic mass is 15.1. The Morgan fingerprint density at radius 2 is 1.11 bits per heavy atom. The van der Waals surface area contributed by atoms with E-state index in [2.05, 4.69) is 42.3 Å². The van der Waals surface area contributed by atoms with E-state index in [1.807, 2.05) is 0 Å². The first-order chi connectivity index (χ1) is 13.8. The Kier molecular flexibility index (Phi) is 16.5. The molecule has 0 aliphatic heterocycles. The third-order valence-corrected chi connectivity index (χ3v) is 6.06. The number of hydrogen-bond acceptors (Lipinski definition) is 0. The highest BCUT2D eigenvalue weighted by Crippen LogP contribution is 2.13. The van der Waals surface area contributed by atoms with Crippen LogP contribution in [0, 0.1) is 0 Å². The molecule has 0 saturated heterocycles. The Labute approximate surface area is 177 Å². The zero-order valence-corrected chi connectivity index (χ0v) is 19.7. The van der Waals surface area contributed by atoms with Crippen molar-refractivity contribution < 1.29 is 4.57 Å². The minimum absolute atomic E-state index is 1.18. The summed E-state index contributed by atoms with van der Waals surface area (Å²) in [4.78, 5) is 0. The minimum atomic E-state index is 1.18. The summed E-state index contributed by atoms with van der Waals surface area (Å²) < 4.78 is 5.06. The van der Waals surface area contributed by atoms with Crippen LogP contribution in [0.15, 0.2) is 12.4 Å². The van der Waals surface area contributed by atoms with Crippen LogP contribution in [0.25, 0.3) is 0 Å². The number of nitrogens with zero attached hydrogens (tertiary/aromatic N) is 2. The molecule has 0 bridgehead atoms. The molecule has 0 aliphatic carbocycles.